The van der Waals surface area contributed by atoms with Crippen molar-refractivity contribution in [2.45, 2.75) is 32.6 Å². The third kappa shape index (κ3) is 2.95. The van der Waals surface area contributed by atoms with Crippen molar-refractivity contribution in [2.75, 3.05) is 6.61 Å². The van der Waals surface area contributed by atoms with Gasteiger partial charge in [-0.1, -0.05) is 29.8 Å². The fourth-order valence-corrected chi connectivity index (χ4v) is 2.62. The molecule has 4 heteroatoms. The van der Waals surface area contributed by atoms with Gasteiger partial charge >= 0.3 is 5.97 Å². The third-order valence-electron chi connectivity index (χ3n) is 3.61. The van der Waals surface area contributed by atoms with Gasteiger partial charge in [0.25, 0.3) is 0 Å². The van der Waals surface area contributed by atoms with Crippen molar-refractivity contribution >= 4 is 17.5 Å². The van der Waals surface area contributed by atoms with E-state index in [4.69, 9.17) is 4.74 Å². The third-order valence-corrected chi connectivity index (χ3v) is 3.61. The lowest BCUT2D eigenvalue weighted by Crippen LogP contribution is -2.38. The molecular weight excluding hydrogens is 256 g/mol. The number of benzene rings is 1. The van der Waals surface area contributed by atoms with Gasteiger partial charge in [0, 0.05) is 12.3 Å². The lowest BCUT2D eigenvalue weighted by molar-refractivity contribution is -0.154. The minimum Gasteiger partial charge on any atom is -0.465 e. The number of aryl methyl sites for hydroxylation is 1. The molecule has 0 radical (unpaired) electrons. The van der Waals surface area contributed by atoms with Gasteiger partial charge in [0.2, 0.25) is 0 Å². The van der Waals surface area contributed by atoms with Gasteiger partial charge in [-0.25, -0.2) is 0 Å². The molecule has 0 bridgehead atoms. The molecule has 1 aromatic carbocycles. The van der Waals surface area contributed by atoms with Gasteiger partial charge in [0.1, 0.15) is 11.7 Å². The highest BCUT2D eigenvalue weighted by atomic mass is 16.5. The van der Waals surface area contributed by atoms with Crippen molar-refractivity contribution in [2.24, 2.45) is 5.92 Å². The molecule has 2 atom stereocenters. The molecule has 0 aromatic heterocycles. The van der Waals surface area contributed by atoms with Crippen molar-refractivity contribution in [1.82, 2.24) is 0 Å². The summed E-state index contributed by atoms with van der Waals surface area (Å²) in [6, 6.07) is 7.58. The minimum atomic E-state index is -0.852. The molecule has 2 rings (SSSR count). The van der Waals surface area contributed by atoms with Crippen LogP contribution in [-0.2, 0) is 19.1 Å². The number of rotatable bonds is 3. The van der Waals surface area contributed by atoms with Gasteiger partial charge in [-0.3, -0.25) is 14.4 Å². The summed E-state index contributed by atoms with van der Waals surface area (Å²) in [5.74, 6) is -2.21. The lowest BCUT2D eigenvalue weighted by atomic mass is 9.74. The van der Waals surface area contributed by atoms with E-state index in [1.54, 1.807) is 6.92 Å². The molecule has 1 fully saturated rings. The summed E-state index contributed by atoms with van der Waals surface area (Å²) in [5.41, 5.74) is 1.94. The molecule has 20 heavy (non-hydrogen) atoms. The SMILES string of the molecule is CCOC(=O)C1C(=O)CC(=O)CC1c1ccc(C)cc1. The van der Waals surface area contributed by atoms with E-state index in [1.807, 2.05) is 31.2 Å². The van der Waals surface area contributed by atoms with Crippen LogP contribution in [-0.4, -0.2) is 24.1 Å². The van der Waals surface area contributed by atoms with Crippen LogP contribution in [0.1, 0.15) is 36.8 Å². The van der Waals surface area contributed by atoms with Crippen LogP contribution in [0.25, 0.3) is 0 Å². The zero-order chi connectivity index (χ0) is 14.7. The Morgan fingerprint density at radius 2 is 1.90 bits per heavy atom. The molecule has 1 saturated carbocycles. The smallest absolute Gasteiger partial charge is 0.317 e. The molecule has 0 N–H and O–H groups in total. The standard InChI is InChI=1S/C16H18O4/c1-3-20-16(19)15-13(8-12(17)9-14(15)18)11-6-4-10(2)5-7-11/h4-7,13,15H,3,8-9H2,1-2H3. The predicted octanol–water partition coefficient (Wildman–Crippen LogP) is 2.19. The molecule has 1 aromatic rings. The Morgan fingerprint density at radius 3 is 2.50 bits per heavy atom. The van der Waals surface area contributed by atoms with E-state index < -0.39 is 17.8 Å². The Labute approximate surface area is 118 Å². The number of carbonyl (C=O) groups is 3. The highest BCUT2D eigenvalue weighted by molar-refractivity contribution is 6.11. The molecule has 1 aliphatic rings. The quantitative estimate of drug-likeness (QED) is 0.626. The Hall–Kier alpha value is -1.97. The monoisotopic (exact) mass is 274 g/mol. The summed E-state index contributed by atoms with van der Waals surface area (Å²) < 4.78 is 4.99. The number of Topliss-reactive ketones (excluding diaryl/α,β-unsaturated/α-hetero) is 2. The molecule has 4 nitrogen and oxygen atoms in total. The zero-order valence-electron chi connectivity index (χ0n) is 11.7. The molecule has 1 aliphatic carbocycles. The first-order chi connectivity index (χ1) is 9.52. The number of hydrogen-bond acceptors (Lipinski definition) is 4. The Kier molecular flexibility index (Phi) is 4.32. The van der Waals surface area contributed by atoms with Crippen molar-refractivity contribution in [1.29, 1.82) is 0 Å². The highest BCUT2D eigenvalue weighted by Crippen LogP contribution is 2.35. The van der Waals surface area contributed by atoms with Crippen LogP contribution in [0.3, 0.4) is 0 Å². The van der Waals surface area contributed by atoms with Crippen molar-refractivity contribution in [3.05, 3.63) is 35.4 Å². The lowest BCUT2D eigenvalue weighted by Gasteiger charge is -2.28. The Balaban J connectivity index is 2.33. The summed E-state index contributed by atoms with van der Waals surface area (Å²) in [6.07, 6.45) is 0.0596. The normalized spacial score (nSPS) is 22.7. The Morgan fingerprint density at radius 1 is 1.25 bits per heavy atom. The number of esters is 1. The van der Waals surface area contributed by atoms with Crippen LogP contribution >= 0.6 is 0 Å². The van der Waals surface area contributed by atoms with Gasteiger partial charge in [-0.05, 0) is 19.4 Å². The van der Waals surface area contributed by atoms with Crippen LogP contribution in [0, 0.1) is 12.8 Å². The van der Waals surface area contributed by atoms with E-state index in [-0.39, 0.29) is 31.0 Å². The summed E-state index contributed by atoms with van der Waals surface area (Å²) in [5, 5.41) is 0. The number of ketones is 2. The largest absolute Gasteiger partial charge is 0.465 e. The average Bonchev–Trinajstić information content (AvgIpc) is 2.38. The van der Waals surface area contributed by atoms with Gasteiger partial charge in [-0.2, -0.15) is 0 Å². The van der Waals surface area contributed by atoms with Crippen molar-refractivity contribution < 1.29 is 19.1 Å². The second kappa shape index (κ2) is 5.99. The second-order valence-corrected chi connectivity index (χ2v) is 5.13. The molecule has 2 unspecified atom stereocenters. The fraction of sp³-hybridized carbons (Fsp3) is 0.438. The summed E-state index contributed by atoms with van der Waals surface area (Å²) in [4.78, 5) is 35.7. The molecular formula is C16H18O4. The van der Waals surface area contributed by atoms with Crippen LogP contribution in [0.5, 0.6) is 0 Å². The zero-order valence-corrected chi connectivity index (χ0v) is 11.7. The minimum absolute atomic E-state index is 0.110. The molecule has 106 valence electrons. The maximum Gasteiger partial charge on any atom is 0.317 e. The summed E-state index contributed by atoms with van der Waals surface area (Å²) in [7, 11) is 0. The number of ether oxygens (including phenoxy) is 1. The van der Waals surface area contributed by atoms with Gasteiger partial charge in [-0.15, -0.1) is 0 Å². The molecule has 0 spiro atoms. The maximum absolute atomic E-state index is 12.0. The molecule has 0 saturated heterocycles. The average molecular weight is 274 g/mol. The maximum atomic E-state index is 12.0. The topological polar surface area (TPSA) is 60.4 Å². The van der Waals surface area contributed by atoms with Crippen LogP contribution in [0.2, 0.25) is 0 Å². The van der Waals surface area contributed by atoms with E-state index in [0.29, 0.717) is 0 Å². The molecule has 0 amide bonds. The highest BCUT2D eigenvalue weighted by Gasteiger charge is 2.42. The summed E-state index contributed by atoms with van der Waals surface area (Å²) >= 11 is 0. The first kappa shape index (κ1) is 14.4. The van der Waals surface area contributed by atoms with E-state index in [1.165, 1.54) is 0 Å². The van der Waals surface area contributed by atoms with E-state index in [0.717, 1.165) is 11.1 Å². The Bertz CT molecular complexity index is 530. The second-order valence-electron chi connectivity index (χ2n) is 5.13. The van der Waals surface area contributed by atoms with Crippen molar-refractivity contribution in [3.8, 4) is 0 Å². The van der Waals surface area contributed by atoms with Crippen LogP contribution in [0.4, 0.5) is 0 Å². The number of hydrogen-bond donors (Lipinski definition) is 0. The summed E-state index contributed by atoms with van der Waals surface area (Å²) in [6.45, 7) is 3.90. The first-order valence-corrected chi connectivity index (χ1v) is 6.80. The van der Waals surface area contributed by atoms with Gasteiger partial charge in [0.05, 0.1) is 13.0 Å². The van der Waals surface area contributed by atoms with Crippen molar-refractivity contribution in [3.63, 3.8) is 0 Å². The predicted molar refractivity (Wildman–Crippen MR) is 73.3 cm³/mol. The van der Waals surface area contributed by atoms with Crippen LogP contribution in [0.15, 0.2) is 24.3 Å². The molecule has 0 heterocycles. The van der Waals surface area contributed by atoms with E-state index in [2.05, 4.69) is 0 Å². The van der Waals surface area contributed by atoms with E-state index >= 15 is 0 Å². The first-order valence-electron chi connectivity index (χ1n) is 6.80. The fourth-order valence-electron chi connectivity index (χ4n) is 2.62. The number of carbonyl (C=O) groups excluding carboxylic acids is 3. The van der Waals surface area contributed by atoms with Gasteiger partial charge < -0.3 is 4.74 Å². The van der Waals surface area contributed by atoms with Crippen LogP contribution < -0.4 is 0 Å². The molecule has 0 aliphatic heterocycles. The van der Waals surface area contributed by atoms with Gasteiger partial charge in [0.15, 0.2) is 5.78 Å². The van der Waals surface area contributed by atoms with E-state index in [9.17, 15) is 14.4 Å².